The molecule has 0 saturated carbocycles. The van der Waals surface area contributed by atoms with Gasteiger partial charge in [-0.1, -0.05) is 25.6 Å². The summed E-state index contributed by atoms with van der Waals surface area (Å²) in [6.45, 7) is 9.02. The summed E-state index contributed by atoms with van der Waals surface area (Å²) in [6, 6.07) is 18.3. The third-order valence-corrected chi connectivity index (χ3v) is 4.65. The van der Waals surface area contributed by atoms with E-state index in [4.69, 9.17) is 26.2 Å². The average Bonchev–Trinajstić information content (AvgIpc) is 3.68. The van der Waals surface area contributed by atoms with Crippen molar-refractivity contribution >= 4 is 29.9 Å². The second-order valence-corrected chi connectivity index (χ2v) is 8.73. The number of aryl methyl sites for hydroxylation is 1. The van der Waals surface area contributed by atoms with E-state index in [-0.39, 0.29) is 32.3 Å². The number of rotatable bonds is 2. The van der Waals surface area contributed by atoms with Gasteiger partial charge in [-0.05, 0) is 76.9 Å². The summed E-state index contributed by atoms with van der Waals surface area (Å²) < 4.78 is 4.94. The van der Waals surface area contributed by atoms with Crippen molar-refractivity contribution in [2.24, 2.45) is 15.9 Å². The smallest absolute Gasteiger partial charge is 0.221 e. The van der Waals surface area contributed by atoms with Crippen LogP contribution in [0.3, 0.4) is 0 Å². The molecule has 0 aromatic carbocycles. The minimum atomic E-state index is 0. The number of pyridine rings is 3. The molecule has 4 aromatic rings. The monoisotopic (exact) mass is 680 g/mol. The Labute approximate surface area is 288 Å². The number of ether oxygens (including phenoxy) is 1. The lowest BCUT2D eigenvalue weighted by atomic mass is 10.3. The van der Waals surface area contributed by atoms with Gasteiger partial charge >= 0.3 is 0 Å². The van der Waals surface area contributed by atoms with Crippen molar-refractivity contribution in [2.75, 3.05) is 19.8 Å². The number of nitrogens with one attached hydrogen (secondary N) is 3. The van der Waals surface area contributed by atoms with Gasteiger partial charge in [-0.25, -0.2) is 4.98 Å². The Balaban J connectivity index is 0. The number of aliphatic hydroxyl groups is 1. The summed E-state index contributed by atoms with van der Waals surface area (Å²) in [5, 5.41) is 45.4. The van der Waals surface area contributed by atoms with E-state index in [9.17, 15) is 0 Å². The zero-order valence-corrected chi connectivity index (χ0v) is 27.6. The lowest BCUT2D eigenvalue weighted by Crippen LogP contribution is -2.32. The molecular formula is C31H45ClN14O2. The molecule has 0 spiro atoms. The summed E-state index contributed by atoms with van der Waals surface area (Å²) >= 11 is 0. The molecule has 258 valence electrons. The molecule has 6 N–H and O–H groups in total. The zero-order valence-electron chi connectivity index (χ0n) is 26.8. The van der Waals surface area contributed by atoms with Crippen molar-refractivity contribution in [2.45, 2.75) is 48.0 Å². The number of aliphatic hydroxyl groups excluding tert-OH is 1. The van der Waals surface area contributed by atoms with Gasteiger partial charge in [0.2, 0.25) is 5.82 Å². The first-order valence-electron chi connectivity index (χ1n) is 14.1. The van der Waals surface area contributed by atoms with E-state index in [0.29, 0.717) is 28.9 Å². The number of amidine groups is 3. The van der Waals surface area contributed by atoms with Crippen LogP contribution in [0.15, 0.2) is 83.4 Å². The SMILES string of the molecule is C.C1CCOC1.CC(=N)N.CC1=NNC(c2ccccn2)=NN1.CCO.Cc1nnc(-c2ccccn2)nn1.Cl.N#Cc1ccccn1. The van der Waals surface area contributed by atoms with Crippen molar-refractivity contribution in [1.29, 1.82) is 10.7 Å². The maximum atomic E-state index is 8.23. The number of hydrogen-bond donors (Lipinski definition) is 5. The van der Waals surface area contributed by atoms with E-state index in [1.54, 1.807) is 50.6 Å². The van der Waals surface area contributed by atoms with Crippen LogP contribution in [0, 0.1) is 23.7 Å². The molecule has 0 unspecified atom stereocenters. The van der Waals surface area contributed by atoms with Crippen LogP contribution in [0.4, 0.5) is 0 Å². The topological polar surface area (TPSA) is 242 Å². The van der Waals surface area contributed by atoms with Crippen molar-refractivity contribution in [3.63, 3.8) is 0 Å². The highest BCUT2D eigenvalue weighted by atomic mass is 35.5. The molecule has 2 aliphatic heterocycles. The fourth-order valence-electron chi connectivity index (χ4n) is 2.76. The van der Waals surface area contributed by atoms with Crippen LogP contribution < -0.4 is 16.6 Å². The zero-order chi connectivity index (χ0) is 33.8. The Bertz CT molecular complexity index is 1460. The fourth-order valence-corrected chi connectivity index (χ4v) is 2.76. The second-order valence-electron chi connectivity index (χ2n) is 8.73. The van der Waals surface area contributed by atoms with Crippen LogP contribution in [0.25, 0.3) is 11.5 Å². The van der Waals surface area contributed by atoms with E-state index in [1.807, 2.05) is 49.4 Å². The molecule has 17 heteroatoms. The molecule has 0 radical (unpaired) electrons. The largest absolute Gasteiger partial charge is 0.397 e. The Kier molecular flexibility index (Phi) is 26.9. The molecular weight excluding hydrogens is 636 g/mol. The summed E-state index contributed by atoms with van der Waals surface area (Å²) in [6.07, 6.45) is 7.54. The molecule has 48 heavy (non-hydrogen) atoms. The van der Waals surface area contributed by atoms with Gasteiger partial charge in [-0.2, -0.15) is 15.5 Å². The number of nitrogens with two attached hydrogens (primary N) is 1. The Morgan fingerprint density at radius 3 is 1.73 bits per heavy atom. The van der Waals surface area contributed by atoms with E-state index >= 15 is 0 Å². The first-order valence-corrected chi connectivity index (χ1v) is 14.1. The molecule has 16 nitrogen and oxygen atoms in total. The van der Waals surface area contributed by atoms with Gasteiger partial charge < -0.3 is 15.6 Å². The molecule has 1 saturated heterocycles. The first kappa shape index (κ1) is 44.6. The van der Waals surface area contributed by atoms with Crippen LogP contribution >= 0.6 is 12.4 Å². The van der Waals surface area contributed by atoms with Gasteiger partial charge in [0.1, 0.15) is 29.0 Å². The predicted molar refractivity (Wildman–Crippen MR) is 189 cm³/mol. The number of halogens is 1. The third-order valence-electron chi connectivity index (χ3n) is 4.65. The molecule has 4 aromatic heterocycles. The summed E-state index contributed by atoms with van der Waals surface area (Å²) in [4.78, 5) is 11.9. The standard InChI is InChI=1S/C8H9N5.C8H7N5.C6H4N2.C4H8O.C2H6N2.C2H6O.CH4.ClH/c2*1-6-10-12-8(13-11-6)7-4-2-3-5-9-7;7-5-6-3-1-2-4-8-6;1-2-4-5-3-1;1-2(3)4;1-2-3;;/h2-5H,1H3,(H,10,11)(H,12,13);2-5H,1H3;1-4H;1-4H2;1H3,(H3,3,4);3H,2H2,1H3;1H4;1H. The molecule has 2 aliphatic rings. The molecule has 6 rings (SSSR count). The minimum Gasteiger partial charge on any atom is -0.397 e. The van der Waals surface area contributed by atoms with Crippen molar-refractivity contribution in [3.05, 3.63) is 90.4 Å². The third kappa shape index (κ3) is 22.1. The highest BCUT2D eigenvalue weighted by molar-refractivity contribution is 5.99. The van der Waals surface area contributed by atoms with Gasteiger partial charge in [0.15, 0.2) is 11.7 Å². The van der Waals surface area contributed by atoms with E-state index in [0.717, 1.165) is 24.7 Å². The number of hydrazone groups is 2. The van der Waals surface area contributed by atoms with Crippen LogP contribution in [0.2, 0.25) is 0 Å². The first-order chi connectivity index (χ1) is 22.3. The molecule has 0 aliphatic carbocycles. The number of nitrogens with zero attached hydrogens (tertiary/aromatic N) is 10. The predicted octanol–water partition coefficient (Wildman–Crippen LogP) is 3.66. The lowest BCUT2D eigenvalue weighted by Gasteiger charge is -2.11. The van der Waals surface area contributed by atoms with Gasteiger partial charge in [-0.15, -0.1) is 32.8 Å². The van der Waals surface area contributed by atoms with Crippen molar-refractivity contribution < 1.29 is 9.84 Å². The van der Waals surface area contributed by atoms with Gasteiger partial charge in [0, 0.05) is 38.4 Å². The summed E-state index contributed by atoms with van der Waals surface area (Å²) in [7, 11) is 0. The highest BCUT2D eigenvalue weighted by Crippen LogP contribution is 2.06. The van der Waals surface area contributed by atoms with Gasteiger partial charge in [0.05, 0.1) is 5.84 Å². The average molecular weight is 681 g/mol. The fraction of sp³-hybridized carbons (Fsp3) is 0.323. The van der Waals surface area contributed by atoms with Crippen molar-refractivity contribution in [3.8, 4) is 17.6 Å². The van der Waals surface area contributed by atoms with E-state index in [1.165, 1.54) is 19.8 Å². The summed E-state index contributed by atoms with van der Waals surface area (Å²) in [5.41, 5.74) is 12.2. The maximum Gasteiger partial charge on any atom is 0.221 e. The Morgan fingerprint density at radius 2 is 1.38 bits per heavy atom. The number of aromatic nitrogens is 7. The number of hydrogen-bond acceptors (Lipinski definition) is 15. The molecule has 0 atom stereocenters. The van der Waals surface area contributed by atoms with Gasteiger partial charge in [-0.3, -0.25) is 26.2 Å². The van der Waals surface area contributed by atoms with Crippen molar-refractivity contribution in [1.82, 2.24) is 46.2 Å². The molecule has 0 amide bonds. The van der Waals surface area contributed by atoms with Crippen LogP contribution in [0.5, 0.6) is 0 Å². The minimum absolute atomic E-state index is 0. The van der Waals surface area contributed by atoms with Crippen LogP contribution in [-0.2, 0) is 4.74 Å². The second kappa shape index (κ2) is 28.9. The molecule has 1 fully saturated rings. The molecule has 6 heterocycles. The van der Waals surface area contributed by atoms with Gasteiger partial charge in [0.25, 0.3) is 0 Å². The molecule has 0 bridgehead atoms. The normalized spacial score (nSPS) is 11.5. The summed E-state index contributed by atoms with van der Waals surface area (Å²) in [5.74, 6) is 2.54. The van der Waals surface area contributed by atoms with E-state index in [2.05, 4.69) is 56.4 Å². The highest BCUT2D eigenvalue weighted by Gasteiger charge is 2.07. The van der Waals surface area contributed by atoms with E-state index < -0.39 is 0 Å². The Hall–Kier alpha value is -5.50. The van der Waals surface area contributed by atoms with Crippen LogP contribution in [0.1, 0.15) is 58.3 Å². The Morgan fingerprint density at radius 1 is 0.875 bits per heavy atom. The quantitative estimate of drug-likeness (QED) is 0.150. The van der Waals surface area contributed by atoms with Crippen LogP contribution in [-0.4, -0.2) is 77.8 Å². The lowest BCUT2D eigenvalue weighted by molar-refractivity contribution is 0.198. The number of nitriles is 1. The maximum absolute atomic E-state index is 8.23.